The van der Waals surface area contributed by atoms with Crippen LogP contribution >= 0.6 is 0 Å². The molecule has 1 aromatic rings. The summed E-state index contributed by atoms with van der Waals surface area (Å²) in [4.78, 5) is 12.4. The molecule has 0 aromatic carbocycles. The van der Waals surface area contributed by atoms with Crippen LogP contribution in [0.3, 0.4) is 0 Å². The van der Waals surface area contributed by atoms with Gasteiger partial charge in [0.2, 0.25) is 0 Å². The number of nitrogens with zero attached hydrogens (tertiary/aromatic N) is 1. The van der Waals surface area contributed by atoms with Gasteiger partial charge < -0.3 is 13.9 Å². The molecule has 2 heterocycles. The first-order valence-electron chi connectivity index (χ1n) is 8.09. The third-order valence-electron chi connectivity index (χ3n) is 4.52. The molecule has 1 aromatic heterocycles. The van der Waals surface area contributed by atoms with Crippen molar-refractivity contribution in [1.82, 2.24) is 4.57 Å². The molecule has 4 nitrogen and oxygen atoms in total. The molecule has 0 unspecified atom stereocenters. The van der Waals surface area contributed by atoms with E-state index in [4.69, 9.17) is 9.31 Å². The second-order valence-corrected chi connectivity index (χ2v) is 7.32. The molecule has 0 spiro atoms. The average Bonchev–Trinajstić information content (AvgIpc) is 2.68. The van der Waals surface area contributed by atoms with Gasteiger partial charge in [-0.3, -0.25) is 4.79 Å². The Kier molecular flexibility index (Phi) is 5.21. The number of halogens is 1. The van der Waals surface area contributed by atoms with Crippen molar-refractivity contribution in [1.29, 1.82) is 0 Å². The number of pyridine rings is 1. The maximum atomic E-state index is 14.6. The van der Waals surface area contributed by atoms with Crippen LogP contribution in [0, 0.1) is 0 Å². The van der Waals surface area contributed by atoms with Gasteiger partial charge in [-0.05, 0) is 59.8 Å². The van der Waals surface area contributed by atoms with Crippen molar-refractivity contribution < 1.29 is 13.7 Å². The van der Waals surface area contributed by atoms with Gasteiger partial charge in [0.1, 0.15) is 5.73 Å². The predicted molar refractivity (Wildman–Crippen MR) is 95.3 cm³/mol. The normalized spacial score (nSPS) is 19.5. The summed E-state index contributed by atoms with van der Waals surface area (Å²) < 4.78 is 27.4. The Labute approximate surface area is 143 Å². The molecule has 1 fully saturated rings. The molecule has 130 valence electrons. The van der Waals surface area contributed by atoms with Crippen LogP contribution in [0.5, 0.6) is 0 Å². The van der Waals surface area contributed by atoms with Crippen molar-refractivity contribution in [3.63, 3.8) is 0 Å². The zero-order chi connectivity index (χ0) is 18.1. The zero-order valence-corrected chi connectivity index (χ0v) is 15.2. The Morgan fingerprint density at radius 3 is 2.38 bits per heavy atom. The Morgan fingerprint density at radius 2 is 1.83 bits per heavy atom. The third kappa shape index (κ3) is 3.87. The number of hydrogen-bond acceptors (Lipinski definition) is 3. The molecule has 1 aliphatic heterocycles. The van der Waals surface area contributed by atoms with Crippen molar-refractivity contribution >= 4 is 13.2 Å². The lowest BCUT2D eigenvalue weighted by atomic mass is 9.87. The fraction of sp³-hybridized carbons (Fsp3) is 0.500. The van der Waals surface area contributed by atoms with Gasteiger partial charge in [-0.15, -0.1) is 0 Å². The molecule has 24 heavy (non-hydrogen) atoms. The molecule has 2 rings (SSSR count). The van der Waals surface area contributed by atoms with E-state index in [1.807, 2.05) is 47.6 Å². The summed E-state index contributed by atoms with van der Waals surface area (Å²) in [5.41, 5.74) is -0.711. The minimum atomic E-state index is -1.10. The molecule has 0 radical (unpaired) electrons. The van der Waals surface area contributed by atoms with Gasteiger partial charge in [0.15, 0.2) is 0 Å². The topological polar surface area (TPSA) is 40.5 Å². The Bertz CT molecular complexity index is 714. The molecule has 0 amide bonds. The van der Waals surface area contributed by atoms with E-state index in [1.165, 1.54) is 10.6 Å². The van der Waals surface area contributed by atoms with Crippen LogP contribution in [-0.2, 0) is 15.9 Å². The van der Waals surface area contributed by atoms with Crippen molar-refractivity contribution in [3.05, 3.63) is 51.6 Å². The molecule has 6 heteroatoms. The number of hydrogen-bond donors (Lipinski definition) is 0. The molecule has 0 N–H and O–H groups in total. The highest BCUT2D eigenvalue weighted by atomic mass is 19.1. The smallest absolute Gasteiger partial charge is 0.398 e. The molecule has 0 bridgehead atoms. The summed E-state index contributed by atoms with van der Waals surface area (Å²) in [7, 11) is -1.10. The number of rotatable bonds is 4. The largest absolute Gasteiger partial charge is 0.525 e. The second kappa shape index (κ2) is 6.69. The minimum absolute atomic E-state index is 0.248. The van der Waals surface area contributed by atoms with Gasteiger partial charge in [0.05, 0.1) is 11.2 Å². The Morgan fingerprint density at radius 1 is 1.25 bits per heavy atom. The number of aromatic nitrogens is 1. The molecule has 1 aliphatic rings. The van der Waals surface area contributed by atoms with Gasteiger partial charge in [-0.1, -0.05) is 11.6 Å². The molecular formula is C18H25BFNO3. The first-order valence-corrected chi connectivity index (χ1v) is 8.09. The van der Waals surface area contributed by atoms with Crippen molar-refractivity contribution in [3.8, 4) is 0 Å². The summed E-state index contributed by atoms with van der Waals surface area (Å²) in [6.07, 6.45) is 4.83. The van der Waals surface area contributed by atoms with E-state index >= 15 is 0 Å². The van der Waals surface area contributed by atoms with E-state index in [0.29, 0.717) is 6.54 Å². The lowest BCUT2D eigenvalue weighted by molar-refractivity contribution is 0.00578. The number of allylic oxidation sites excluding steroid dienone is 2. The summed E-state index contributed by atoms with van der Waals surface area (Å²) in [6, 6.07) is 3.32. The standard InChI is InChI=1S/C18H25BFNO3/c1-13(2)9-11-21-10-7-8-14(16(21)22)12-15(20)19-23-17(3,4)18(5,6)24-19/h7-10,12H,11H2,1-6H3. The van der Waals surface area contributed by atoms with Gasteiger partial charge in [0.25, 0.3) is 5.56 Å². The second-order valence-electron chi connectivity index (χ2n) is 7.32. The van der Waals surface area contributed by atoms with Crippen LogP contribution in [-0.4, -0.2) is 22.9 Å². The van der Waals surface area contributed by atoms with Crippen LogP contribution in [0.25, 0.3) is 6.08 Å². The van der Waals surface area contributed by atoms with Crippen LogP contribution in [0.2, 0.25) is 0 Å². The van der Waals surface area contributed by atoms with Gasteiger partial charge in [-0.2, -0.15) is 0 Å². The predicted octanol–water partition coefficient (Wildman–Crippen LogP) is 3.76. The molecule has 0 atom stereocenters. The fourth-order valence-electron chi connectivity index (χ4n) is 2.26. The van der Waals surface area contributed by atoms with E-state index in [1.54, 1.807) is 18.3 Å². The maximum Gasteiger partial charge on any atom is 0.525 e. The van der Waals surface area contributed by atoms with Gasteiger partial charge in [0, 0.05) is 18.3 Å². The van der Waals surface area contributed by atoms with E-state index in [9.17, 15) is 9.18 Å². The molecule has 0 aliphatic carbocycles. The third-order valence-corrected chi connectivity index (χ3v) is 4.52. The van der Waals surface area contributed by atoms with E-state index in [-0.39, 0.29) is 11.1 Å². The lowest BCUT2D eigenvalue weighted by Gasteiger charge is -2.32. The van der Waals surface area contributed by atoms with E-state index in [0.717, 1.165) is 5.57 Å². The fourth-order valence-corrected chi connectivity index (χ4v) is 2.26. The highest BCUT2D eigenvalue weighted by molar-refractivity contribution is 6.54. The summed E-state index contributed by atoms with van der Waals surface area (Å²) in [6.45, 7) is 11.8. The van der Waals surface area contributed by atoms with Crippen LogP contribution < -0.4 is 5.56 Å². The van der Waals surface area contributed by atoms with Crippen LogP contribution in [0.4, 0.5) is 4.39 Å². The molecule has 1 saturated heterocycles. The summed E-state index contributed by atoms with van der Waals surface area (Å²) in [5, 5.41) is 0. The summed E-state index contributed by atoms with van der Waals surface area (Å²) >= 11 is 0. The van der Waals surface area contributed by atoms with Crippen molar-refractivity contribution in [2.24, 2.45) is 0 Å². The highest BCUT2D eigenvalue weighted by Crippen LogP contribution is 2.38. The molecule has 0 saturated carbocycles. The Hall–Kier alpha value is -1.66. The Balaban J connectivity index is 2.27. The molecular weight excluding hydrogens is 308 g/mol. The quantitative estimate of drug-likeness (QED) is 0.622. The lowest BCUT2D eigenvalue weighted by Crippen LogP contribution is -2.41. The van der Waals surface area contributed by atoms with E-state index < -0.39 is 24.0 Å². The minimum Gasteiger partial charge on any atom is -0.398 e. The summed E-state index contributed by atoms with van der Waals surface area (Å²) in [5.74, 6) is 0. The van der Waals surface area contributed by atoms with Crippen LogP contribution in [0.1, 0.15) is 47.1 Å². The van der Waals surface area contributed by atoms with Crippen molar-refractivity contribution in [2.45, 2.75) is 59.3 Å². The highest BCUT2D eigenvalue weighted by Gasteiger charge is 2.53. The van der Waals surface area contributed by atoms with Crippen molar-refractivity contribution in [2.75, 3.05) is 0 Å². The van der Waals surface area contributed by atoms with Crippen LogP contribution in [0.15, 0.2) is 40.5 Å². The van der Waals surface area contributed by atoms with Gasteiger partial charge >= 0.3 is 7.12 Å². The first-order chi connectivity index (χ1) is 11.0. The zero-order valence-electron chi connectivity index (χ0n) is 15.2. The maximum absolute atomic E-state index is 14.6. The monoisotopic (exact) mass is 333 g/mol. The SMILES string of the molecule is CC(C)=CCn1cccc(C=C(F)B2OC(C)(C)C(C)(C)O2)c1=O. The van der Waals surface area contributed by atoms with Gasteiger partial charge in [-0.25, -0.2) is 4.39 Å². The average molecular weight is 333 g/mol. The van der Waals surface area contributed by atoms with E-state index in [2.05, 4.69) is 0 Å². The first kappa shape index (κ1) is 18.7.